The van der Waals surface area contributed by atoms with Crippen molar-refractivity contribution >= 4 is 5.95 Å². The average molecular weight is 231 g/mol. The molecule has 0 spiro atoms. The second-order valence-corrected chi connectivity index (χ2v) is 6.59. The zero-order chi connectivity index (χ0) is 11.6. The van der Waals surface area contributed by atoms with Gasteiger partial charge in [-0.05, 0) is 62.7 Å². The van der Waals surface area contributed by atoms with Gasteiger partial charge in [0.15, 0.2) is 5.95 Å². The number of nitrogens with zero attached hydrogens (tertiary/aromatic N) is 1. The molecular weight excluding hydrogens is 210 g/mol. The molecule has 4 aliphatic rings. The molecule has 4 fully saturated rings. The second kappa shape index (κ2) is 3.27. The van der Waals surface area contributed by atoms with Crippen molar-refractivity contribution in [2.45, 2.75) is 44.9 Å². The number of hydrogen-bond donors (Lipinski definition) is 2. The van der Waals surface area contributed by atoms with Crippen molar-refractivity contribution in [3.05, 3.63) is 11.4 Å². The normalized spacial score (nSPS) is 43.2. The predicted molar refractivity (Wildman–Crippen MR) is 67.5 cm³/mol. The summed E-state index contributed by atoms with van der Waals surface area (Å²) in [6.07, 6.45) is 7.31. The van der Waals surface area contributed by atoms with Crippen LogP contribution in [0.15, 0.2) is 0 Å². The highest BCUT2D eigenvalue weighted by atomic mass is 15.0. The van der Waals surface area contributed by atoms with Crippen LogP contribution in [0.25, 0.3) is 0 Å². The zero-order valence-electron chi connectivity index (χ0n) is 10.4. The Morgan fingerprint density at radius 2 is 1.65 bits per heavy atom. The van der Waals surface area contributed by atoms with Crippen LogP contribution < -0.4 is 5.73 Å². The molecule has 0 unspecified atom stereocenters. The van der Waals surface area contributed by atoms with E-state index in [0.717, 1.165) is 23.7 Å². The number of anilines is 1. The molecule has 3 heteroatoms. The van der Waals surface area contributed by atoms with Gasteiger partial charge in [-0.3, -0.25) is 0 Å². The van der Waals surface area contributed by atoms with Crippen molar-refractivity contribution in [3.63, 3.8) is 0 Å². The molecule has 17 heavy (non-hydrogen) atoms. The third kappa shape index (κ3) is 1.37. The van der Waals surface area contributed by atoms with Crippen LogP contribution in [-0.2, 0) is 0 Å². The van der Waals surface area contributed by atoms with Crippen LogP contribution in [0.3, 0.4) is 0 Å². The number of imidazole rings is 1. The molecule has 0 amide bonds. The molecule has 3 nitrogen and oxygen atoms in total. The van der Waals surface area contributed by atoms with Gasteiger partial charge >= 0.3 is 0 Å². The number of hydrogen-bond acceptors (Lipinski definition) is 2. The lowest BCUT2D eigenvalue weighted by Gasteiger charge is -2.54. The fourth-order valence-corrected chi connectivity index (χ4v) is 5.19. The van der Waals surface area contributed by atoms with Crippen LogP contribution in [-0.4, -0.2) is 9.97 Å². The Morgan fingerprint density at radius 1 is 1.06 bits per heavy atom. The lowest BCUT2D eigenvalue weighted by atomic mass is 9.51. The summed E-state index contributed by atoms with van der Waals surface area (Å²) in [7, 11) is 0. The monoisotopic (exact) mass is 231 g/mol. The van der Waals surface area contributed by atoms with Gasteiger partial charge in [0.2, 0.25) is 0 Å². The number of H-pyrrole nitrogens is 1. The molecule has 0 radical (unpaired) electrons. The van der Waals surface area contributed by atoms with E-state index in [0.29, 0.717) is 11.9 Å². The Morgan fingerprint density at radius 3 is 2.12 bits per heavy atom. The van der Waals surface area contributed by atoms with Crippen LogP contribution in [0, 0.1) is 30.6 Å². The van der Waals surface area contributed by atoms with E-state index in [2.05, 4.69) is 16.9 Å². The van der Waals surface area contributed by atoms with Crippen LogP contribution in [0.4, 0.5) is 5.95 Å². The smallest absolute Gasteiger partial charge is 0.197 e. The van der Waals surface area contributed by atoms with Gasteiger partial charge in [0.05, 0.1) is 5.69 Å². The number of nitrogens with one attached hydrogen (secondary N) is 1. The highest BCUT2D eigenvalue weighted by Crippen LogP contribution is 2.59. The average Bonchev–Trinajstić information content (AvgIpc) is 2.56. The molecule has 0 atom stereocenters. The molecule has 1 aromatic rings. The molecule has 5 rings (SSSR count). The van der Waals surface area contributed by atoms with Crippen LogP contribution in [0.2, 0.25) is 0 Å². The summed E-state index contributed by atoms with van der Waals surface area (Å²) in [5, 5.41) is 0. The molecule has 1 heterocycles. The van der Waals surface area contributed by atoms with Gasteiger partial charge in [-0.1, -0.05) is 0 Å². The van der Waals surface area contributed by atoms with Crippen molar-refractivity contribution in [1.82, 2.24) is 9.97 Å². The largest absolute Gasteiger partial charge is 0.369 e. The molecule has 4 aliphatic carbocycles. The Hall–Kier alpha value is -0.990. The van der Waals surface area contributed by atoms with Crippen molar-refractivity contribution in [2.75, 3.05) is 5.73 Å². The van der Waals surface area contributed by atoms with Crippen LogP contribution in [0.5, 0.6) is 0 Å². The van der Waals surface area contributed by atoms with Crippen molar-refractivity contribution in [2.24, 2.45) is 23.7 Å². The third-order valence-electron chi connectivity index (χ3n) is 5.48. The van der Waals surface area contributed by atoms with E-state index in [-0.39, 0.29) is 0 Å². The molecule has 0 aromatic carbocycles. The first-order chi connectivity index (χ1) is 8.20. The summed E-state index contributed by atoms with van der Waals surface area (Å²) < 4.78 is 0. The highest BCUT2D eigenvalue weighted by molar-refractivity contribution is 5.30. The van der Waals surface area contributed by atoms with Gasteiger partial charge < -0.3 is 10.7 Å². The summed E-state index contributed by atoms with van der Waals surface area (Å²) in [5.74, 6) is 5.17. The van der Waals surface area contributed by atoms with Crippen LogP contribution >= 0.6 is 0 Å². The summed E-state index contributed by atoms with van der Waals surface area (Å²) in [4.78, 5) is 7.76. The Labute approximate surface area is 102 Å². The van der Waals surface area contributed by atoms with Crippen LogP contribution in [0.1, 0.15) is 49.4 Å². The second-order valence-electron chi connectivity index (χ2n) is 6.59. The van der Waals surface area contributed by atoms with E-state index in [4.69, 9.17) is 5.73 Å². The summed E-state index contributed by atoms with van der Waals surface area (Å²) in [6, 6.07) is 0. The Kier molecular flexibility index (Phi) is 1.92. The highest BCUT2D eigenvalue weighted by Gasteiger charge is 2.49. The van der Waals surface area contributed by atoms with E-state index in [9.17, 15) is 0 Å². The molecule has 4 bridgehead atoms. The van der Waals surface area contributed by atoms with E-state index in [1.165, 1.54) is 43.5 Å². The first-order valence-electron chi connectivity index (χ1n) is 7.02. The lowest BCUT2D eigenvalue weighted by Crippen LogP contribution is -2.44. The molecule has 3 N–H and O–H groups in total. The maximum Gasteiger partial charge on any atom is 0.197 e. The fourth-order valence-electron chi connectivity index (χ4n) is 5.19. The van der Waals surface area contributed by atoms with Gasteiger partial charge in [0.25, 0.3) is 0 Å². The number of nitrogens with two attached hydrogens (primary N) is 1. The fraction of sp³-hybridized carbons (Fsp3) is 0.786. The van der Waals surface area contributed by atoms with Crippen molar-refractivity contribution in [1.29, 1.82) is 0 Å². The van der Waals surface area contributed by atoms with Gasteiger partial charge in [0.1, 0.15) is 0 Å². The maximum atomic E-state index is 5.81. The Balaban J connectivity index is 1.72. The lowest BCUT2D eigenvalue weighted by molar-refractivity contribution is -0.00421. The van der Waals surface area contributed by atoms with Gasteiger partial charge in [0, 0.05) is 11.6 Å². The molecular formula is C14H21N3. The number of rotatable bonds is 1. The SMILES string of the molecule is Cc1[nH]c(N)nc1C1C2CC3CC(C2)CC1C3. The third-order valence-corrected chi connectivity index (χ3v) is 5.48. The number of nitrogen functional groups attached to an aromatic ring is 1. The minimum absolute atomic E-state index is 0.603. The van der Waals surface area contributed by atoms with Gasteiger partial charge in [-0.2, -0.15) is 0 Å². The van der Waals surface area contributed by atoms with E-state index >= 15 is 0 Å². The summed E-state index contributed by atoms with van der Waals surface area (Å²) in [6.45, 7) is 2.13. The van der Waals surface area contributed by atoms with Crippen molar-refractivity contribution in [3.8, 4) is 0 Å². The quantitative estimate of drug-likeness (QED) is 0.781. The topological polar surface area (TPSA) is 54.7 Å². The maximum absolute atomic E-state index is 5.81. The standard InChI is InChI=1S/C14H21N3/c1-7-13(17-14(15)16-7)12-10-3-8-2-9(5-10)6-11(12)4-8/h8-12H,2-6H2,1H3,(H3,15,16,17). The summed E-state index contributed by atoms with van der Waals surface area (Å²) in [5.41, 5.74) is 8.30. The molecule has 92 valence electrons. The van der Waals surface area contributed by atoms with Gasteiger partial charge in [-0.15, -0.1) is 0 Å². The van der Waals surface area contributed by atoms with E-state index in [1.807, 2.05) is 0 Å². The number of aromatic amines is 1. The summed E-state index contributed by atoms with van der Waals surface area (Å²) >= 11 is 0. The van der Waals surface area contributed by atoms with Gasteiger partial charge in [-0.25, -0.2) is 4.98 Å². The molecule has 1 aromatic heterocycles. The minimum Gasteiger partial charge on any atom is -0.369 e. The van der Waals surface area contributed by atoms with Crippen molar-refractivity contribution < 1.29 is 0 Å². The molecule has 4 saturated carbocycles. The first-order valence-corrected chi connectivity index (χ1v) is 7.02. The Bertz CT molecular complexity index is 420. The molecule has 0 aliphatic heterocycles. The minimum atomic E-state index is 0.603. The number of aryl methyl sites for hydroxylation is 1. The predicted octanol–water partition coefficient (Wildman–Crippen LogP) is 2.84. The first kappa shape index (κ1) is 9.98. The molecule has 0 saturated heterocycles. The van der Waals surface area contributed by atoms with E-state index in [1.54, 1.807) is 0 Å². The number of aromatic nitrogens is 2. The van der Waals surface area contributed by atoms with E-state index < -0.39 is 0 Å². The zero-order valence-corrected chi connectivity index (χ0v) is 10.4.